The zero-order valence-corrected chi connectivity index (χ0v) is 13.2. The van der Waals surface area contributed by atoms with Crippen molar-refractivity contribution in [1.29, 1.82) is 0 Å². The van der Waals surface area contributed by atoms with Crippen LogP contribution in [-0.4, -0.2) is 48.9 Å². The molecule has 1 aromatic rings. The predicted octanol–water partition coefficient (Wildman–Crippen LogP) is 0.607. The number of nitrogens with zero attached hydrogens (tertiary/aromatic N) is 1. The zero-order valence-electron chi connectivity index (χ0n) is 13.2. The monoisotopic (exact) mass is 319 g/mol. The number of anilines is 1. The minimum absolute atomic E-state index is 0.0428. The Kier molecular flexibility index (Phi) is 5.33. The van der Waals surface area contributed by atoms with Crippen LogP contribution in [0.1, 0.15) is 23.7 Å². The third-order valence-electron chi connectivity index (χ3n) is 3.91. The third kappa shape index (κ3) is 4.07. The molecule has 124 valence electrons. The number of primary amides is 1. The summed E-state index contributed by atoms with van der Waals surface area (Å²) in [5.74, 6) is -1.17. The Morgan fingerprint density at radius 2 is 2.04 bits per heavy atom. The Bertz CT molecular complexity index is 600. The summed E-state index contributed by atoms with van der Waals surface area (Å²) in [5, 5.41) is 2.76. The molecule has 23 heavy (non-hydrogen) atoms. The molecule has 0 unspecified atom stereocenters. The van der Waals surface area contributed by atoms with Gasteiger partial charge in [-0.05, 0) is 31.2 Å². The molecule has 1 fully saturated rings. The number of amides is 3. The highest BCUT2D eigenvalue weighted by atomic mass is 16.5. The summed E-state index contributed by atoms with van der Waals surface area (Å²) in [7, 11) is 1.58. The standard InChI is InChI=1S/C16H21N3O4/c1-10(9-23-2)19-8-12(7-14(19)20)16(22)18-13-5-3-11(4-6-13)15(17)21/h3-6,10,12H,7-9H2,1-2H3,(H2,17,21)(H,18,22)/t10-,12+/m1/s1. The van der Waals surface area contributed by atoms with Crippen LogP contribution in [0.15, 0.2) is 24.3 Å². The lowest BCUT2D eigenvalue weighted by atomic mass is 10.1. The van der Waals surface area contributed by atoms with Crippen molar-refractivity contribution in [3.8, 4) is 0 Å². The molecule has 3 N–H and O–H groups in total. The van der Waals surface area contributed by atoms with Crippen molar-refractivity contribution < 1.29 is 19.1 Å². The van der Waals surface area contributed by atoms with Crippen LogP contribution in [0.25, 0.3) is 0 Å². The largest absolute Gasteiger partial charge is 0.383 e. The van der Waals surface area contributed by atoms with Gasteiger partial charge in [0.2, 0.25) is 17.7 Å². The molecule has 1 aromatic carbocycles. The van der Waals surface area contributed by atoms with E-state index in [0.29, 0.717) is 24.4 Å². The fraction of sp³-hybridized carbons (Fsp3) is 0.438. The van der Waals surface area contributed by atoms with Gasteiger partial charge in [-0.3, -0.25) is 14.4 Å². The average Bonchev–Trinajstić information content (AvgIpc) is 2.90. The zero-order chi connectivity index (χ0) is 17.0. The number of nitrogens with two attached hydrogens (primary N) is 1. The summed E-state index contributed by atoms with van der Waals surface area (Å²) in [5.41, 5.74) is 6.11. The number of carbonyl (C=O) groups excluding carboxylic acids is 3. The molecule has 0 bridgehead atoms. The van der Waals surface area contributed by atoms with E-state index in [1.165, 1.54) is 0 Å². The Balaban J connectivity index is 1.96. The minimum Gasteiger partial charge on any atom is -0.383 e. The van der Waals surface area contributed by atoms with Crippen molar-refractivity contribution >= 4 is 23.4 Å². The van der Waals surface area contributed by atoms with Gasteiger partial charge in [0.1, 0.15) is 0 Å². The summed E-state index contributed by atoms with van der Waals surface area (Å²) in [6.07, 6.45) is 0.194. The molecule has 2 rings (SSSR count). The molecule has 1 heterocycles. The average molecular weight is 319 g/mol. The summed E-state index contributed by atoms with van der Waals surface area (Å²) in [4.78, 5) is 37.0. The molecule has 1 aliphatic heterocycles. The van der Waals surface area contributed by atoms with Crippen LogP contribution in [0, 0.1) is 5.92 Å². The topological polar surface area (TPSA) is 102 Å². The second-order valence-electron chi connectivity index (χ2n) is 5.68. The van der Waals surface area contributed by atoms with E-state index in [0.717, 1.165) is 0 Å². The van der Waals surface area contributed by atoms with E-state index >= 15 is 0 Å². The van der Waals surface area contributed by atoms with Gasteiger partial charge in [0.15, 0.2) is 0 Å². The first-order valence-corrected chi connectivity index (χ1v) is 7.41. The van der Waals surface area contributed by atoms with E-state index in [2.05, 4.69) is 5.32 Å². The van der Waals surface area contributed by atoms with Crippen LogP contribution < -0.4 is 11.1 Å². The highest BCUT2D eigenvalue weighted by molar-refractivity contribution is 5.98. The lowest BCUT2D eigenvalue weighted by Gasteiger charge is -2.23. The number of likely N-dealkylation sites (tertiary alicyclic amines) is 1. The van der Waals surface area contributed by atoms with Gasteiger partial charge in [-0.25, -0.2) is 0 Å². The molecule has 7 nitrogen and oxygen atoms in total. The van der Waals surface area contributed by atoms with Crippen molar-refractivity contribution in [2.24, 2.45) is 11.7 Å². The highest BCUT2D eigenvalue weighted by Gasteiger charge is 2.36. The van der Waals surface area contributed by atoms with Crippen LogP contribution >= 0.6 is 0 Å². The molecule has 0 saturated carbocycles. The quantitative estimate of drug-likeness (QED) is 0.802. The Hall–Kier alpha value is -2.41. The van der Waals surface area contributed by atoms with Crippen LogP contribution in [0.4, 0.5) is 5.69 Å². The summed E-state index contributed by atoms with van der Waals surface area (Å²) < 4.78 is 5.05. The molecule has 2 atom stereocenters. The van der Waals surface area contributed by atoms with Crippen molar-refractivity contribution in [3.05, 3.63) is 29.8 Å². The van der Waals surface area contributed by atoms with Crippen molar-refractivity contribution in [2.45, 2.75) is 19.4 Å². The molecule has 0 aromatic heterocycles. The molecule has 0 aliphatic carbocycles. The molecule has 0 spiro atoms. The normalized spacial score (nSPS) is 18.8. The second kappa shape index (κ2) is 7.23. The second-order valence-corrected chi connectivity index (χ2v) is 5.68. The van der Waals surface area contributed by atoms with Gasteiger partial charge < -0.3 is 20.7 Å². The van der Waals surface area contributed by atoms with E-state index in [-0.39, 0.29) is 24.3 Å². The Morgan fingerprint density at radius 3 is 2.61 bits per heavy atom. The van der Waals surface area contributed by atoms with Gasteiger partial charge in [0, 0.05) is 31.3 Å². The Morgan fingerprint density at radius 1 is 1.39 bits per heavy atom. The number of hydrogen-bond donors (Lipinski definition) is 2. The van der Waals surface area contributed by atoms with E-state index in [4.69, 9.17) is 10.5 Å². The van der Waals surface area contributed by atoms with Gasteiger partial charge in [-0.1, -0.05) is 0 Å². The van der Waals surface area contributed by atoms with E-state index in [1.807, 2.05) is 6.92 Å². The van der Waals surface area contributed by atoms with Crippen molar-refractivity contribution in [1.82, 2.24) is 4.90 Å². The molecular formula is C16H21N3O4. The summed E-state index contributed by atoms with van der Waals surface area (Å²) in [6.45, 7) is 2.72. The lowest BCUT2D eigenvalue weighted by Crippen LogP contribution is -2.38. The van der Waals surface area contributed by atoms with Crippen LogP contribution in [0.2, 0.25) is 0 Å². The maximum Gasteiger partial charge on any atom is 0.248 e. The summed E-state index contributed by atoms with van der Waals surface area (Å²) in [6, 6.07) is 6.26. The van der Waals surface area contributed by atoms with Crippen molar-refractivity contribution in [3.63, 3.8) is 0 Å². The Labute approximate surface area is 134 Å². The van der Waals surface area contributed by atoms with Gasteiger partial charge >= 0.3 is 0 Å². The highest BCUT2D eigenvalue weighted by Crippen LogP contribution is 2.22. The fourth-order valence-corrected chi connectivity index (χ4v) is 2.63. The number of benzene rings is 1. The fourth-order valence-electron chi connectivity index (χ4n) is 2.63. The molecule has 1 saturated heterocycles. The smallest absolute Gasteiger partial charge is 0.248 e. The minimum atomic E-state index is -0.521. The maximum absolute atomic E-state index is 12.3. The third-order valence-corrected chi connectivity index (χ3v) is 3.91. The first-order valence-electron chi connectivity index (χ1n) is 7.41. The number of methoxy groups -OCH3 is 1. The number of nitrogens with one attached hydrogen (secondary N) is 1. The van der Waals surface area contributed by atoms with Crippen LogP contribution in [-0.2, 0) is 14.3 Å². The van der Waals surface area contributed by atoms with Gasteiger partial charge in [-0.2, -0.15) is 0 Å². The lowest BCUT2D eigenvalue weighted by molar-refractivity contribution is -0.130. The van der Waals surface area contributed by atoms with Crippen molar-refractivity contribution in [2.75, 3.05) is 25.6 Å². The SMILES string of the molecule is COC[C@@H](C)N1C[C@@H](C(=O)Nc2ccc(C(N)=O)cc2)CC1=O. The van der Waals surface area contributed by atoms with Gasteiger partial charge in [-0.15, -0.1) is 0 Å². The number of hydrogen-bond acceptors (Lipinski definition) is 4. The first kappa shape index (κ1) is 17.0. The van der Waals surface area contributed by atoms with E-state index < -0.39 is 11.8 Å². The van der Waals surface area contributed by atoms with E-state index in [9.17, 15) is 14.4 Å². The molecular weight excluding hydrogens is 298 g/mol. The van der Waals surface area contributed by atoms with Gasteiger partial charge in [0.05, 0.1) is 18.6 Å². The maximum atomic E-state index is 12.3. The molecule has 1 aliphatic rings. The summed E-state index contributed by atoms with van der Waals surface area (Å²) >= 11 is 0. The van der Waals surface area contributed by atoms with Crippen LogP contribution in [0.3, 0.4) is 0 Å². The molecule has 3 amide bonds. The predicted molar refractivity (Wildman–Crippen MR) is 84.7 cm³/mol. The van der Waals surface area contributed by atoms with E-state index in [1.54, 1.807) is 36.3 Å². The number of ether oxygens (including phenoxy) is 1. The number of rotatable bonds is 6. The molecule has 0 radical (unpaired) electrons. The first-order chi connectivity index (χ1) is 10.9. The molecule has 7 heteroatoms. The number of carbonyl (C=O) groups is 3. The van der Waals surface area contributed by atoms with Gasteiger partial charge in [0.25, 0.3) is 0 Å². The van der Waals surface area contributed by atoms with Crippen LogP contribution in [0.5, 0.6) is 0 Å².